The van der Waals surface area contributed by atoms with Crippen molar-refractivity contribution in [2.75, 3.05) is 6.54 Å². The lowest BCUT2D eigenvalue weighted by Crippen LogP contribution is -2.36. The summed E-state index contributed by atoms with van der Waals surface area (Å²) in [6, 6.07) is 3.32. The number of carbonyl (C=O) groups excluding carboxylic acids is 1. The number of rotatable bonds is 7. The first kappa shape index (κ1) is 14.8. The molecule has 1 rings (SSSR count). The zero-order valence-electron chi connectivity index (χ0n) is 10.8. The Hall–Kier alpha value is -1.29. The lowest BCUT2D eigenvalue weighted by Gasteiger charge is -2.14. The van der Waals surface area contributed by atoms with Crippen molar-refractivity contribution in [1.82, 2.24) is 10.3 Å². The molecule has 0 aromatic carbocycles. The molecule has 0 saturated carbocycles. The number of hydrogen-bond acceptors (Lipinski definition) is 3. The Balaban J connectivity index is 2.33. The highest BCUT2D eigenvalue weighted by Gasteiger charge is 2.13. The third-order valence-electron chi connectivity index (χ3n) is 2.46. The van der Waals surface area contributed by atoms with Gasteiger partial charge in [0.15, 0.2) is 6.10 Å². The maximum absolute atomic E-state index is 11.7. The van der Waals surface area contributed by atoms with Gasteiger partial charge in [-0.2, -0.15) is 0 Å². The molecule has 0 aliphatic carbocycles. The van der Waals surface area contributed by atoms with Crippen LogP contribution in [0.4, 0.5) is 0 Å². The summed E-state index contributed by atoms with van der Waals surface area (Å²) in [5.74, 6) is 0.427. The molecule has 0 saturated heterocycles. The van der Waals surface area contributed by atoms with Gasteiger partial charge in [-0.15, -0.1) is 0 Å². The summed E-state index contributed by atoms with van der Waals surface area (Å²) in [4.78, 5) is 15.6. The SMILES string of the molecule is CCCCCNC(=O)C(C)Oc1ccc(Cl)nc1. The smallest absolute Gasteiger partial charge is 0.260 e. The van der Waals surface area contributed by atoms with E-state index in [1.807, 2.05) is 0 Å². The van der Waals surface area contributed by atoms with Gasteiger partial charge in [0.2, 0.25) is 0 Å². The third-order valence-corrected chi connectivity index (χ3v) is 2.69. The van der Waals surface area contributed by atoms with Crippen molar-refractivity contribution in [3.05, 3.63) is 23.5 Å². The Kier molecular flexibility index (Phi) is 6.50. The molecule has 0 aliphatic heterocycles. The van der Waals surface area contributed by atoms with Gasteiger partial charge in [0.1, 0.15) is 10.9 Å². The summed E-state index contributed by atoms with van der Waals surface area (Å²) in [5.41, 5.74) is 0. The molecule has 1 heterocycles. The van der Waals surface area contributed by atoms with Crippen LogP contribution in [0.1, 0.15) is 33.1 Å². The lowest BCUT2D eigenvalue weighted by atomic mass is 10.2. The number of nitrogens with one attached hydrogen (secondary N) is 1. The van der Waals surface area contributed by atoms with E-state index in [1.165, 1.54) is 6.20 Å². The predicted octanol–water partition coefficient (Wildman–Crippen LogP) is 2.81. The van der Waals surface area contributed by atoms with Crippen LogP contribution in [0.2, 0.25) is 5.15 Å². The van der Waals surface area contributed by atoms with Crippen LogP contribution >= 0.6 is 11.6 Å². The molecule has 5 heteroatoms. The van der Waals surface area contributed by atoms with E-state index in [1.54, 1.807) is 19.1 Å². The highest BCUT2D eigenvalue weighted by Crippen LogP contribution is 2.13. The van der Waals surface area contributed by atoms with Gasteiger partial charge < -0.3 is 10.1 Å². The van der Waals surface area contributed by atoms with Gasteiger partial charge in [0, 0.05) is 6.54 Å². The quantitative estimate of drug-likeness (QED) is 0.612. The zero-order valence-corrected chi connectivity index (χ0v) is 11.5. The van der Waals surface area contributed by atoms with E-state index in [2.05, 4.69) is 17.2 Å². The normalized spacial score (nSPS) is 11.9. The fourth-order valence-electron chi connectivity index (χ4n) is 1.42. The molecule has 0 bridgehead atoms. The van der Waals surface area contributed by atoms with Gasteiger partial charge in [-0.3, -0.25) is 4.79 Å². The summed E-state index contributed by atoms with van der Waals surface area (Å²) in [5, 5.41) is 3.24. The first-order valence-electron chi connectivity index (χ1n) is 6.19. The summed E-state index contributed by atoms with van der Waals surface area (Å²) >= 11 is 5.66. The van der Waals surface area contributed by atoms with E-state index in [0.29, 0.717) is 17.4 Å². The van der Waals surface area contributed by atoms with E-state index < -0.39 is 6.10 Å². The van der Waals surface area contributed by atoms with Gasteiger partial charge in [0.05, 0.1) is 6.20 Å². The minimum atomic E-state index is -0.533. The Labute approximate surface area is 113 Å². The number of halogens is 1. The van der Waals surface area contributed by atoms with Crippen LogP contribution in [-0.2, 0) is 4.79 Å². The van der Waals surface area contributed by atoms with Crippen molar-refractivity contribution in [2.45, 2.75) is 39.2 Å². The molecule has 18 heavy (non-hydrogen) atoms. The summed E-state index contributed by atoms with van der Waals surface area (Å²) in [6.07, 6.45) is 4.23. The van der Waals surface area contributed by atoms with Crippen LogP contribution in [-0.4, -0.2) is 23.5 Å². The van der Waals surface area contributed by atoms with E-state index >= 15 is 0 Å². The number of hydrogen-bond donors (Lipinski definition) is 1. The molecule has 1 amide bonds. The topological polar surface area (TPSA) is 51.2 Å². The molecular weight excluding hydrogens is 252 g/mol. The van der Waals surface area contributed by atoms with Crippen LogP contribution in [0.3, 0.4) is 0 Å². The monoisotopic (exact) mass is 270 g/mol. The van der Waals surface area contributed by atoms with Gasteiger partial charge in [-0.05, 0) is 25.5 Å². The Morgan fingerprint density at radius 3 is 2.89 bits per heavy atom. The first-order chi connectivity index (χ1) is 8.63. The second-order valence-electron chi connectivity index (χ2n) is 4.07. The van der Waals surface area contributed by atoms with E-state index in [4.69, 9.17) is 16.3 Å². The lowest BCUT2D eigenvalue weighted by molar-refractivity contribution is -0.127. The van der Waals surface area contributed by atoms with Gasteiger partial charge in [-0.25, -0.2) is 4.98 Å². The summed E-state index contributed by atoms with van der Waals surface area (Å²) in [7, 11) is 0. The highest BCUT2D eigenvalue weighted by molar-refractivity contribution is 6.29. The standard InChI is InChI=1S/C13H19ClN2O2/c1-3-4-5-8-15-13(17)10(2)18-11-6-7-12(14)16-9-11/h6-7,9-10H,3-5,8H2,1-2H3,(H,15,17). The van der Waals surface area contributed by atoms with E-state index in [-0.39, 0.29) is 5.91 Å². The van der Waals surface area contributed by atoms with Crippen molar-refractivity contribution in [3.8, 4) is 5.75 Å². The molecule has 0 radical (unpaired) electrons. The summed E-state index contributed by atoms with van der Waals surface area (Å²) < 4.78 is 5.45. The number of pyridine rings is 1. The number of aromatic nitrogens is 1. The number of amides is 1. The number of carbonyl (C=O) groups is 1. The fraction of sp³-hybridized carbons (Fsp3) is 0.538. The molecule has 1 N–H and O–H groups in total. The largest absolute Gasteiger partial charge is 0.479 e. The Morgan fingerprint density at radius 2 is 2.28 bits per heavy atom. The van der Waals surface area contributed by atoms with Gasteiger partial charge >= 0.3 is 0 Å². The van der Waals surface area contributed by atoms with Crippen molar-refractivity contribution < 1.29 is 9.53 Å². The number of nitrogens with zero attached hydrogens (tertiary/aromatic N) is 1. The molecule has 100 valence electrons. The van der Waals surface area contributed by atoms with Crippen LogP contribution in [0.15, 0.2) is 18.3 Å². The van der Waals surface area contributed by atoms with E-state index in [0.717, 1.165) is 19.3 Å². The number of unbranched alkanes of at least 4 members (excludes halogenated alkanes) is 2. The molecule has 4 nitrogen and oxygen atoms in total. The maximum Gasteiger partial charge on any atom is 0.260 e. The molecule has 1 atom stereocenters. The van der Waals surface area contributed by atoms with Crippen molar-refractivity contribution >= 4 is 17.5 Å². The third kappa shape index (κ3) is 5.36. The molecular formula is C13H19ClN2O2. The average Bonchev–Trinajstić information content (AvgIpc) is 2.37. The second kappa shape index (κ2) is 7.93. The predicted molar refractivity (Wildman–Crippen MR) is 71.9 cm³/mol. The summed E-state index contributed by atoms with van der Waals surface area (Å²) in [6.45, 7) is 4.53. The highest BCUT2D eigenvalue weighted by atomic mass is 35.5. The maximum atomic E-state index is 11.7. The van der Waals surface area contributed by atoms with Gasteiger partial charge in [-0.1, -0.05) is 31.4 Å². The minimum Gasteiger partial charge on any atom is -0.479 e. The van der Waals surface area contributed by atoms with Crippen molar-refractivity contribution in [2.24, 2.45) is 0 Å². The molecule has 1 aromatic heterocycles. The van der Waals surface area contributed by atoms with Crippen molar-refractivity contribution in [1.29, 1.82) is 0 Å². The van der Waals surface area contributed by atoms with Gasteiger partial charge in [0.25, 0.3) is 5.91 Å². The molecule has 1 aromatic rings. The van der Waals surface area contributed by atoms with Crippen LogP contribution in [0.25, 0.3) is 0 Å². The zero-order chi connectivity index (χ0) is 13.4. The minimum absolute atomic E-state index is 0.110. The average molecular weight is 271 g/mol. The molecule has 0 spiro atoms. The van der Waals surface area contributed by atoms with Crippen molar-refractivity contribution in [3.63, 3.8) is 0 Å². The first-order valence-corrected chi connectivity index (χ1v) is 6.57. The molecule has 0 aliphatic rings. The second-order valence-corrected chi connectivity index (χ2v) is 4.46. The van der Waals surface area contributed by atoms with E-state index in [9.17, 15) is 4.79 Å². The molecule has 1 unspecified atom stereocenters. The Bertz CT molecular complexity index is 368. The van der Waals surface area contributed by atoms with Crippen LogP contribution in [0.5, 0.6) is 5.75 Å². The van der Waals surface area contributed by atoms with Crippen LogP contribution in [0, 0.1) is 0 Å². The number of ether oxygens (including phenoxy) is 1. The van der Waals surface area contributed by atoms with Crippen LogP contribution < -0.4 is 10.1 Å². The fourth-order valence-corrected chi connectivity index (χ4v) is 1.53. The molecule has 0 fully saturated rings. The Morgan fingerprint density at radius 1 is 1.50 bits per heavy atom.